The summed E-state index contributed by atoms with van der Waals surface area (Å²) < 4.78 is 9.17. The SMILES string of the molecule is COC(=O)[C@@]1(CC(C)=O)OC(=O)C(O)=C1C(C)=O. The molecule has 1 aliphatic rings. The van der Waals surface area contributed by atoms with Crippen molar-refractivity contribution in [3.8, 4) is 0 Å². The highest BCUT2D eigenvalue weighted by Crippen LogP contribution is 2.36. The molecular formula is C11H12O7. The van der Waals surface area contributed by atoms with Gasteiger partial charge in [-0.15, -0.1) is 0 Å². The van der Waals surface area contributed by atoms with Crippen LogP contribution in [0.1, 0.15) is 20.3 Å². The van der Waals surface area contributed by atoms with Gasteiger partial charge in [0.15, 0.2) is 5.78 Å². The van der Waals surface area contributed by atoms with Crippen molar-refractivity contribution >= 4 is 23.5 Å². The summed E-state index contributed by atoms with van der Waals surface area (Å²) in [5, 5.41) is 9.49. The van der Waals surface area contributed by atoms with E-state index in [4.69, 9.17) is 4.74 Å². The van der Waals surface area contributed by atoms with Gasteiger partial charge in [-0.25, -0.2) is 9.59 Å². The Morgan fingerprint density at radius 3 is 2.28 bits per heavy atom. The number of ketones is 2. The van der Waals surface area contributed by atoms with Crippen LogP contribution < -0.4 is 0 Å². The van der Waals surface area contributed by atoms with Crippen molar-refractivity contribution in [1.29, 1.82) is 0 Å². The molecule has 18 heavy (non-hydrogen) atoms. The number of methoxy groups -OCH3 is 1. The quantitative estimate of drug-likeness (QED) is 0.696. The van der Waals surface area contributed by atoms with E-state index in [1.165, 1.54) is 0 Å². The summed E-state index contributed by atoms with van der Waals surface area (Å²) in [4.78, 5) is 45.7. The summed E-state index contributed by atoms with van der Waals surface area (Å²) in [6, 6.07) is 0. The van der Waals surface area contributed by atoms with Gasteiger partial charge in [-0.3, -0.25) is 9.59 Å². The second-order valence-corrected chi connectivity index (χ2v) is 3.87. The number of aliphatic hydroxyl groups is 1. The van der Waals surface area contributed by atoms with Crippen LogP contribution in [-0.2, 0) is 28.7 Å². The molecule has 98 valence electrons. The molecule has 1 heterocycles. The number of aliphatic hydroxyl groups excluding tert-OH is 1. The largest absolute Gasteiger partial charge is 0.501 e. The highest BCUT2D eigenvalue weighted by atomic mass is 16.6. The van der Waals surface area contributed by atoms with Gasteiger partial charge in [0.05, 0.1) is 19.1 Å². The number of rotatable bonds is 4. The Hall–Kier alpha value is -2.18. The second-order valence-electron chi connectivity index (χ2n) is 3.87. The molecule has 1 rings (SSSR count). The van der Waals surface area contributed by atoms with Gasteiger partial charge >= 0.3 is 11.9 Å². The number of hydrogen-bond donors (Lipinski definition) is 1. The molecule has 0 aromatic carbocycles. The van der Waals surface area contributed by atoms with E-state index in [1.807, 2.05) is 0 Å². The summed E-state index contributed by atoms with van der Waals surface area (Å²) >= 11 is 0. The fraction of sp³-hybridized carbons (Fsp3) is 0.455. The van der Waals surface area contributed by atoms with Gasteiger partial charge in [0.1, 0.15) is 5.78 Å². The zero-order valence-corrected chi connectivity index (χ0v) is 10.1. The summed E-state index contributed by atoms with van der Waals surface area (Å²) in [6.45, 7) is 2.21. The summed E-state index contributed by atoms with van der Waals surface area (Å²) in [7, 11) is 1.02. The molecule has 0 amide bonds. The maximum atomic E-state index is 11.7. The summed E-state index contributed by atoms with van der Waals surface area (Å²) in [5.74, 6) is -4.52. The average molecular weight is 256 g/mol. The van der Waals surface area contributed by atoms with Gasteiger partial charge in [0.2, 0.25) is 11.4 Å². The third-order valence-electron chi connectivity index (χ3n) is 2.47. The lowest BCUT2D eigenvalue weighted by Gasteiger charge is -2.25. The van der Waals surface area contributed by atoms with Crippen LogP contribution in [0.4, 0.5) is 0 Å². The zero-order valence-electron chi connectivity index (χ0n) is 10.1. The van der Waals surface area contributed by atoms with Crippen LogP contribution in [0.3, 0.4) is 0 Å². The standard InChI is InChI=1S/C11H12O7/c1-5(12)4-11(10(16)17-3)7(6(2)13)8(14)9(15)18-11/h14H,4H2,1-3H3/t11-/m0/s1. The molecule has 0 saturated carbocycles. The van der Waals surface area contributed by atoms with E-state index in [1.54, 1.807) is 0 Å². The third kappa shape index (κ3) is 1.99. The number of ether oxygens (including phenoxy) is 2. The van der Waals surface area contributed by atoms with Crippen molar-refractivity contribution in [2.45, 2.75) is 25.9 Å². The molecule has 1 atom stereocenters. The van der Waals surface area contributed by atoms with Crippen molar-refractivity contribution in [2.24, 2.45) is 0 Å². The van der Waals surface area contributed by atoms with E-state index >= 15 is 0 Å². The van der Waals surface area contributed by atoms with E-state index in [2.05, 4.69) is 4.74 Å². The van der Waals surface area contributed by atoms with Crippen LogP contribution in [0.5, 0.6) is 0 Å². The molecule has 0 unspecified atom stereocenters. The molecule has 0 fully saturated rings. The van der Waals surface area contributed by atoms with Gasteiger partial charge in [0.25, 0.3) is 0 Å². The smallest absolute Gasteiger partial charge is 0.375 e. The van der Waals surface area contributed by atoms with Crippen LogP contribution >= 0.6 is 0 Å². The molecule has 0 saturated heterocycles. The minimum absolute atomic E-state index is 0.498. The molecule has 0 bridgehead atoms. The van der Waals surface area contributed by atoms with E-state index in [0.717, 1.165) is 21.0 Å². The van der Waals surface area contributed by atoms with E-state index in [-0.39, 0.29) is 0 Å². The van der Waals surface area contributed by atoms with E-state index < -0.39 is 46.9 Å². The first-order valence-electron chi connectivity index (χ1n) is 5.02. The summed E-state index contributed by atoms with van der Waals surface area (Å²) in [5.41, 5.74) is -2.72. The molecule has 1 N–H and O–H groups in total. The fourth-order valence-corrected chi connectivity index (χ4v) is 1.86. The van der Waals surface area contributed by atoms with Gasteiger partial charge in [-0.05, 0) is 13.8 Å². The lowest BCUT2D eigenvalue weighted by Crippen LogP contribution is -2.45. The predicted octanol–water partition coefficient (Wildman–Crippen LogP) is -0.165. The molecule has 7 nitrogen and oxygen atoms in total. The Morgan fingerprint density at radius 1 is 1.33 bits per heavy atom. The molecule has 7 heteroatoms. The number of esters is 2. The molecule has 0 aromatic heterocycles. The van der Waals surface area contributed by atoms with Gasteiger partial charge in [-0.2, -0.15) is 0 Å². The second kappa shape index (κ2) is 4.59. The molecule has 1 aliphatic heterocycles. The summed E-state index contributed by atoms with van der Waals surface area (Å²) in [6.07, 6.45) is -0.565. The fourth-order valence-electron chi connectivity index (χ4n) is 1.86. The normalized spacial score (nSPS) is 22.7. The first kappa shape index (κ1) is 13.9. The highest BCUT2D eigenvalue weighted by molar-refractivity contribution is 6.13. The van der Waals surface area contributed by atoms with Crippen molar-refractivity contribution < 1.29 is 33.8 Å². The monoisotopic (exact) mass is 256 g/mol. The minimum Gasteiger partial charge on any atom is -0.501 e. The maximum absolute atomic E-state index is 11.7. The average Bonchev–Trinajstić information content (AvgIpc) is 2.49. The van der Waals surface area contributed by atoms with Crippen LogP contribution in [0.2, 0.25) is 0 Å². The molecular weight excluding hydrogens is 244 g/mol. The first-order valence-corrected chi connectivity index (χ1v) is 5.02. The van der Waals surface area contributed by atoms with Crippen molar-refractivity contribution in [2.75, 3.05) is 7.11 Å². The Balaban J connectivity index is 3.44. The molecule has 0 aromatic rings. The van der Waals surface area contributed by atoms with Crippen LogP contribution in [0.25, 0.3) is 0 Å². The minimum atomic E-state index is -2.17. The number of carbonyl (C=O) groups is 4. The van der Waals surface area contributed by atoms with Crippen LogP contribution in [0, 0.1) is 0 Å². The Bertz CT molecular complexity index is 474. The van der Waals surface area contributed by atoms with E-state index in [0.29, 0.717) is 0 Å². The molecule has 0 radical (unpaired) electrons. The van der Waals surface area contributed by atoms with Crippen LogP contribution in [0.15, 0.2) is 11.3 Å². The van der Waals surface area contributed by atoms with Gasteiger partial charge in [-0.1, -0.05) is 0 Å². The van der Waals surface area contributed by atoms with Crippen LogP contribution in [-0.4, -0.2) is 41.3 Å². The Kier molecular flexibility index (Phi) is 3.54. The number of hydrogen-bond acceptors (Lipinski definition) is 7. The van der Waals surface area contributed by atoms with E-state index in [9.17, 15) is 24.3 Å². The van der Waals surface area contributed by atoms with Gasteiger partial charge in [0, 0.05) is 0 Å². The van der Waals surface area contributed by atoms with Crippen molar-refractivity contribution in [3.05, 3.63) is 11.3 Å². The lowest BCUT2D eigenvalue weighted by molar-refractivity contribution is -0.172. The van der Waals surface area contributed by atoms with Crippen molar-refractivity contribution in [3.63, 3.8) is 0 Å². The predicted molar refractivity (Wildman–Crippen MR) is 56.5 cm³/mol. The Labute approximate surface area is 102 Å². The lowest BCUT2D eigenvalue weighted by atomic mass is 9.87. The maximum Gasteiger partial charge on any atom is 0.375 e. The molecule has 0 spiro atoms. The van der Waals surface area contributed by atoms with Crippen molar-refractivity contribution in [1.82, 2.24) is 0 Å². The van der Waals surface area contributed by atoms with Gasteiger partial charge < -0.3 is 14.6 Å². The third-order valence-corrected chi connectivity index (χ3v) is 2.47. The zero-order chi connectivity index (χ0) is 14.1. The number of carbonyl (C=O) groups excluding carboxylic acids is 4. The number of Topliss-reactive ketones (excluding diaryl/α,β-unsaturated/α-hetero) is 2. The Morgan fingerprint density at radius 2 is 1.89 bits per heavy atom. The number of cyclic esters (lactones) is 1. The highest BCUT2D eigenvalue weighted by Gasteiger charge is 2.57. The first-order chi connectivity index (χ1) is 8.26. The topological polar surface area (TPSA) is 107 Å². The molecule has 0 aliphatic carbocycles.